The molecule has 1 aromatic carbocycles. The summed E-state index contributed by atoms with van der Waals surface area (Å²) in [5, 5.41) is 6.90. The van der Waals surface area contributed by atoms with Crippen molar-refractivity contribution >= 4 is 35.6 Å². The van der Waals surface area contributed by atoms with Gasteiger partial charge in [0, 0.05) is 23.8 Å². The number of hydrogen-bond donors (Lipinski definition) is 2. The molecular weight excluding hydrogens is 297 g/mol. The molecule has 2 N–H and O–H groups in total. The number of benzene rings is 1. The Hall–Kier alpha value is -0.810. The molecule has 4 nitrogen and oxygen atoms in total. The van der Waals surface area contributed by atoms with Crippen LogP contribution >= 0.6 is 24.0 Å². The van der Waals surface area contributed by atoms with Gasteiger partial charge in [-0.1, -0.05) is 17.7 Å². The molecule has 0 bridgehead atoms. The molecule has 2 rings (SSSR count). The fourth-order valence-electron chi connectivity index (χ4n) is 2.18. The van der Waals surface area contributed by atoms with Crippen molar-refractivity contribution in [2.75, 3.05) is 38.0 Å². The second-order valence-corrected chi connectivity index (χ2v) is 5.32. The maximum absolute atomic E-state index is 12.0. The molecule has 0 aromatic heterocycles. The van der Waals surface area contributed by atoms with Crippen molar-refractivity contribution < 1.29 is 4.79 Å². The molecule has 1 aliphatic heterocycles. The van der Waals surface area contributed by atoms with Gasteiger partial charge in [-0.25, -0.2) is 0 Å². The molecule has 0 radical (unpaired) electrons. The Kier molecular flexibility index (Phi) is 7.30. The van der Waals surface area contributed by atoms with E-state index in [1.807, 2.05) is 19.1 Å². The molecule has 0 atom stereocenters. The van der Waals surface area contributed by atoms with Crippen LogP contribution in [0.25, 0.3) is 0 Å². The van der Waals surface area contributed by atoms with E-state index in [2.05, 4.69) is 15.5 Å². The zero-order valence-electron chi connectivity index (χ0n) is 11.6. The number of anilines is 1. The highest BCUT2D eigenvalue weighted by Crippen LogP contribution is 2.20. The fraction of sp³-hybridized carbons (Fsp3) is 0.500. The van der Waals surface area contributed by atoms with Crippen LogP contribution in [0.3, 0.4) is 0 Å². The maximum Gasteiger partial charge on any atom is 0.238 e. The normalized spacial score (nSPS) is 16.1. The number of rotatable bonds is 3. The highest BCUT2D eigenvalue weighted by atomic mass is 35.5. The average Bonchev–Trinajstić information content (AvgIpc) is 2.62. The molecule has 20 heavy (non-hydrogen) atoms. The van der Waals surface area contributed by atoms with Crippen LogP contribution in [0.1, 0.15) is 12.0 Å². The number of amides is 1. The molecule has 0 unspecified atom stereocenters. The van der Waals surface area contributed by atoms with Gasteiger partial charge >= 0.3 is 0 Å². The number of nitrogens with one attached hydrogen (secondary N) is 2. The van der Waals surface area contributed by atoms with E-state index in [9.17, 15) is 4.79 Å². The predicted octanol–water partition coefficient (Wildman–Crippen LogP) is 2.30. The first-order chi connectivity index (χ1) is 9.15. The van der Waals surface area contributed by atoms with Crippen LogP contribution in [0, 0.1) is 6.92 Å². The average molecular weight is 318 g/mol. The molecule has 1 amide bonds. The first kappa shape index (κ1) is 17.2. The van der Waals surface area contributed by atoms with Gasteiger partial charge in [0.15, 0.2) is 0 Å². The van der Waals surface area contributed by atoms with Gasteiger partial charge in [-0.15, -0.1) is 12.4 Å². The van der Waals surface area contributed by atoms with Gasteiger partial charge in [0.25, 0.3) is 0 Å². The largest absolute Gasteiger partial charge is 0.325 e. The van der Waals surface area contributed by atoms with Crippen molar-refractivity contribution in [3.05, 3.63) is 28.8 Å². The van der Waals surface area contributed by atoms with Crippen molar-refractivity contribution in [1.29, 1.82) is 0 Å². The smallest absolute Gasteiger partial charge is 0.238 e. The first-order valence-electron chi connectivity index (χ1n) is 6.64. The van der Waals surface area contributed by atoms with Crippen molar-refractivity contribution in [3.8, 4) is 0 Å². The molecule has 0 saturated carbocycles. The van der Waals surface area contributed by atoms with Gasteiger partial charge in [-0.05, 0) is 44.1 Å². The molecular formula is C14H21Cl2N3O. The molecule has 1 fully saturated rings. The summed E-state index contributed by atoms with van der Waals surface area (Å²) in [6.07, 6.45) is 1.09. The second kappa shape index (κ2) is 8.47. The summed E-state index contributed by atoms with van der Waals surface area (Å²) in [5.74, 6) is 0.0206. The van der Waals surface area contributed by atoms with Crippen LogP contribution < -0.4 is 10.6 Å². The third-order valence-corrected chi connectivity index (χ3v) is 3.51. The summed E-state index contributed by atoms with van der Waals surface area (Å²) in [4.78, 5) is 14.2. The standard InChI is InChI=1S/C14H20ClN3O.ClH/c1-11-3-4-12(15)9-13(11)17-14(19)10-18-7-2-5-16-6-8-18;/h3-4,9,16H,2,5-8,10H2,1H3,(H,17,19);1H. The third-order valence-electron chi connectivity index (χ3n) is 3.27. The van der Waals surface area contributed by atoms with Crippen LogP contribution in [-0.2, 0) is 4.79 Å². The lowest BCUT2D eigenvalue weighted by Crippen LogP contribution is -2.35. The quantitative estimate of drug-likeness (QED) is 0.899. The van der Waals surface area contributed by atoms with Crippen LogP contribution in [0.5, 0.6) is 0 Å². The number of carbonyl (C=O) groups is 1. The van der Waals surface area contributed by atoms with Crippen molar-refractivity contribution in [2.45, 2.75) is 13.3 Å². The molecule has 0 spiro atoms. The lowest BCUT2D eigenvalue weighted by Gasteiger charge is -2.19. The minimum atomic E-state index is 0. The zero-order valence-corrected chi connectivity index (χ0v) is 13.2. The summed E-state index contributed by atoms with van der Waals surface area (Å²) < 4.78 is 0. The first-order valence-corrected chi connectivity index (χ1v) is 7.02. The van der Waals surface area contributed by atoms with E-state index in [-0.39, 0.29) is 18.3 Å². The summed E-state index contributed by atoms with van der Waals surface area (Å²) >= 11 is 5.94. The van der Waals surface area contributed by atoms with Gasteiger partial charge in [-0.2, -0.15) is 0 Å². The lowest BCUT2D eigenvalue weighted by molar-refractivity contribution is -0.117. The lowest BCUT2D eigenvalue weighted by atomic mass is 10.2. The van der Waals surface area contributed by atoms with Crippen LogP contribution in [0.2, 0.25) is 5.02 Å². The van der Waals surface area contributed by atoms with Gasteiger partial charge in [0.1, 0.15) is 0 Å². The van der Waals surface area contributed by atoms with Gasteiger partial charge in [-0.3, -0.25) is 9.69 Å². The molecule has 1 aromatic rings. The maximum atomic E-state index is 12.0. The zero-order chi connectivity index (χ0) is 13.7. The van der Waals surface area contributed by atoms with E-state index < -0.39 is 0 Å². The van der Waals surface area contributed by atoms with E-state index in [0.717, 1.165) is 43.9 Å². The molecule has 1 heterocycles. The minimum Gasteiger partial charge on any atom is -0.325 e. The third kappa shape index (κ3) is 5.29. The Bertz CT molecular complexity index is 446. The number of hydrogen-bond acceptors (Lipinski definition) is 3. The van der Waals surface area contributed by atoms with E-state index in [0.29, 0.717) is 11.6 Å². The minimum absolute atomic E-state index is 0. The van der Waals surface area contributed by atoms with Gasteiger partial charge in [0.2, 0.25) is 5.91 Å². The number of halogens is 2. The van der Waals surface area contributed by atoms with E-state index in [4.69, 9.17) is 11.6 Å². The topological polar surface area (TPSA) is 44.4 Å². The molecule has 0 aliphatic carbocycles. The van der Waals surface area contributed by atoms with Crippen molar-refractivity contribution in [3.63, 3.8) is 0 Å². The van der Waals surface area contributed by atoms with Gasteiger partial charge < -0.3 is 10.6 Å². The highest BCUT2D eigenvalue weighted by molar-refractivity contribution is 6.31. The number of aryl methyl sites for hydroxylation is 1. The van der Waals surface area contributed by atoms with E-state index in [1.54, 1.807) is 6.07 Å². The van der Waals surface area contributed by atoms with Crippen molar-refractivity contribution in [1.82, 2.24) is 10.2 Å². The molecule has 112 valence electrons. The molecule has 1 aliphatic rings. The Balaban J connectivity index is 0.00000200. The molecule has 1 saturated heterocycles. The molecule has 6 heteroatoms. The van der Waals surface area contributed by atoms with E-state index >= 15 is 0 Å². The summed E-state index contributed by atoms with van der Waals surface area (Å²) in [7, 11) is 0. The fourth-order valence-corrected chi connectivity index (χ4v) is 2.35. The Morgan fingerprint density at radius 1 is 1.40 bits per heavy atom. The number of carbonyl (C=O) groups excluding carboxylic acids is 1. The SMILES string of the molecule is Cc1ccc(Cl)cc1NC(=O)CN1CCCNCC1.Cl. The number of nitrogens with zero attached hydrogens (tertiary/aromatic N) is 1. The Morgan fingerprint density at radius 3 is 3.00 bits per heavy atom. The van der Waals surface area contributed by atoms with Crippen LogP contribution in [0.15, 0.2) is 18.2 Å². The van der Waals surface area contributed by atoms with Crippen molar-refractivity contribution in [2.24, 2.45) is 0 Å². The summed E-state index contributed by atoms with van der Waals surface area (Å²) in [6, 6.07) is 5.53. The monoisotopic (exact) mass is 317 g/mol. The second-order valence-electron chi connectivity index (χ2n) is 4.89. The highest BCUT2D eigenvalue weighted by Gasteiger charge is 2.13. The van der Waals surface area contributed by atoms with E-state index in [1.165, 1.54) is 0 Å². The summed E-state index contributed by atoms with van der Waals surface area (Å²) in [5.41, 5.74) is 1.82. The Labute approximate surface area is 131 Å². The van der Waals surface area contributed by atoms with Crippen LogP contribution in [0.4, 0.5) is 5.69 Å². The Morgan fingerprint density at radius 2 is 2.20 bits per heavy atom. The summed E-state index contributed by atoms with van der Waals surface area (Å²) in [6.45, 7) is 6.27. The predicted molar refractivity (Wildman–Crippen MR) is 86.0 cm³/mol. The van der Waals surface area contributed by atoms with Crippen LogP contribution in [-0.4, -0.2) is 43.5 Å². The van der Waals surface area contributed by atoms with Gasteiger partial charge in [0.05, 0.1) is 6.54 Å².